The molecule has 0 aliphatic carbocycles. The van der Waals surface area contributed by atoms with Crippen molar-refractivity contribution in [1.82, 2.24) is 24.7 Å². The average Bonchev–Trinajstić information content (AvgIpc) is 3.02. The van der Waals surface area contributed by atoms with E-state index in [0.29, 0.717) is 11.6 Å². The van der Waals surface area contributed by atoms with Gasteiger partial charge in [0.05, 0.1) is 29.8 Å². The van der Waals surface area contributed by atoms with Crippen LogP contribution in [0.5, 0.6) is 0 Å². The Labute approximate surface area is 118 Å². The molecule has 0 aromatic carbocycles. The molecule has 0 bridgehead atoms. The highest BCUT2D eigenvalue weighted by atomic mass is 19.1. The van der Waals surface area contributed by atoms with Crippen LogP contribution in [-0.4, -0.2) is 30.6 Å². The van der Waals surface area contributed by atoms with Gasteiger partial charge in [0.15, 0.2) is 5.82 Å². The first kappa shape index (κ1) is 12.9. The van der Waals surface area contributed by atoms with Crippen LogP contribution < -0.4 is 5.32 Å². The zero-order valence-electron chi connectivity index (χ0n) is 10.6. The van der Waals surface area contributed by atoms with Crippen molar-refractivity contribution >= 4 is 11.6 Å². The van der Waals surface area contributed by atoms with Crippen LogP contribution >= 0.6 is 0 Å². The molecule has 3 aromatic rings. The molecule has 0 atom stereocenters. The summed E-state index contributed by atoms with van der Waals surface area (Å²) in [6, 6.07) is 3.04. The summed E-state index contributed by atoms with van der Waals surface area (Å²) in [6.45, 7) is 0. The fraction of sp³-hybridized carbons (Fsp3) is 0. The molecule has 0 spiro atoms. The molecule has 3 rings (SSSR count). The summed E-state index contributed by atoms with van der Waals surface area (Å²) >= 11 is 0. The molecule has 21 heavy (non-hydrogen) atoms. The molecule has 1 N–H and O–H groups in total. The number of nitrogens with one attached hydrogen (secondary N) is 1. The van der Waals surface area contributed by atoms with Gasteiger partial charge in [0, 0.05) is 18.6 Å². The Hall–Kier alpha value is -3.16. The molecular formula is C13H9FN6O. The number of carbonyl (C=O) groups is 1. The van der Waals surface area contributed by atoms with Gasteiger partial charge in [-0.15, -0.1) is 0 Å². The number of aromatic nitrogens is 5. The second-order valence-electron chi connectivity index (χ2n) is 4.03. The summed E-state index contributed by atoms with van der Waals surface area (Å²) in [6.07, 6.45) is 8.45. The first-order valence-electron chi connectivity index (χ1n) is 5.97. The van der Waals surface area contributed by atoms with Gasteiger partial charge in [-0.1, -0.05) is 0 Å². The van der Waals surface area contributed by atoms with Crippen molar-refractivity contribution in [2.75, 3.05) is 5.32 Å². The molecule has 0 saturated carbocycles. The van der Waals surface area contributed by atoms with Gasteiger partial charge in [-0.25, -0.2) is 19.0 Å². The van der Waals surface area contributed by atoms with Crippen molar-refractivity contribution in [2.45, 2.75) is 0 Å². The van der Waals surface area contributed by atoms with Crippen LogP contribution in [0.1, 0.15) is 10.4 Å². The molecule has 0 fully saturated rings. The number of rotatable bonds is 3. The molecule has 0 aliphatic rings. The molecule has 3 aromatic heterocycles. The Bertz CT molecular complexity index is 757. The Balaban J connectivity index is 1.77. The first-order valence-corrected chi connectivity index (χ1v) is 5.97. The van der Waals surface area contributed by atoms with Crippen LogP contribution in [0.25, 0.3) is 5.95 Å². The minimum absolute atomic E-state index is 0.0962. The monoisotopic (exact) mass is 284 g/mol. The van der Waals surface area contributed by atoms with E-state index in [4.69, 9.17) is 0 Å². The fourth-order valence-electron chi connectivity index (χ4n) is 1.65. The Morgan fingerprint density at radius 3 is 2.67 bits per heavy atom. The Morgan fingerprint density at radius 1 is 1.19 bits per heavy atom. The second kappa shape index (κ2) is 5.45. The molecule has 0 unspecified atom stereocenters. The summed E-state index contributed by atoms with van der Waals surface area (Å²) < 4.78 is 14.9. The highest BCUT2D eigenvalue weighted by molar-refractivity contribution is 6.04. The molecule has 0 aliphatic heterocycles. The van der Waals surface area contributed by atoms with Crippen molar-refractivity contribution in [3.8, 4) is 5.95 Å². The van der Waals surface area contributed by atoms with E-state index in [0.717, 1.165) is 6.20 Å². The maximum Gasteiger partial charge on any atom is 0.258 e. The minimum atomic E-state index is -0.691. The van der Waals surface area contributed by atoms with Crippen LogP contribution in [0, 0.1) is 5.82 Å². The smallest absolute Gasteiger partial charge is 0.258 e. The van der Waals surface area contributed by atoms with E-state index < -0.39 is 11.7 Å². The highest BCUT2D eigenvalue weighted by Crippen LogP contribution is 2.10. The van der Waals surface area contributed by atoms with E-state index in [9.17, 15) is 9.18 Å². The van der Waals surface area contributed by atoms with E-state index in [1.807, 2.05) is 0 Å². The number of halogens is 1. The molecule has 8 heteroatoms. The third-order valence-corrected chi connectivity index (χ3v) is 2.62. The van der Waals surface area contributed by atoms with Gasteiger partial charge in [0.1, 0.15) is 0 Å². The van der Waals surface area contributed by atoms with E-state index in [-0.39, 0.29) is 5.56 Å². The van der Waals surface area contributed by atoms with Crippen LogP contribution in [0.3, 0.4) is 0 Å². The van der Waals surface area contributed by atoms with Crippen molar-refractivity contribution in [3.05, 3.63) is 60.7 Å². The van der Waals surface area contributed by atoms with Crippen molar-refractivity contribution in [2.24, 2.45) is 0 Å². The van der Waals surface area contributed by atoms with Gasteiger partial charge < -0.3 is 5.32 Å². The quantitative estimate of drug-likeness (QED) is 0.786. The maximum atomic E-state index is 13.4. The summed E-state index contributed by atoms with van der Waals surface area (Å²) in [5.41, 5.74) is 0.258. The molecular weight excluding hydrogens is 275 g/mol. The fourth-order valence-corrected chi connectivity index (χ4v) is 1.65. The van der Waals surface area contributed by atoms with Gasteiger partial charge in [-0.05, 0) is 12.1 Å². The first-order chi connectivity index (χ1) is 10.2. The number of nitrogens with zero attached hydrogens (tertiary/aromatic N) is 5. The molecule has 3 heterocycles. The zero-order valence-corrected chi connectivity index (χ0v) is 10.6. The maximum absolute atomic E-state index is 13.4. The number of hydrogen-bond donors (Lipinski definition) is 1. The van der Waals surface area contributed by atoms with Gasteiger partial charge in [0.25, 0.3) is 11.9 Å². The second-order valence-corrected chi connectivity index (χ2v) is 4.03. The molecule has 0 radical (unpaired) electrons. The summed E-state index contributed by atoms with van der Waals surface area (Å²) in [5.74, 6) is -0.914. The van der Waals surface area contributed by atoms with E-state index in [1.54, 1.807) is 18.5 Å². The standard InChI is InChI=1S/C13H9FN6O/c14-11-8-15-4-2-10(11)12(21)19-9-6-16-13(17-7-9)20-5-1-3-18-20/h1-8H,(H,19,21). The van der Waals surface area contributed by atoms with Crippen molar-refractivity contribution in [3.63, 3.8) is 0 Å². The van der Waals surface area contributed by atoms with Gasteiger partial charge >= 0.3 is 0 Å². The van der Waals surface area contributed by atoms with Crippen LogP contribution in [0.4, 0.5) is 10.1 Å². The highest BCUT2D eigenvalue weighted by Gasteiger charge is 2.12. The van der Waals surface area contributed by atoms with Crippen LogP contribution in [-0.2, 0) is 0 Å². The Morgan fingerprint density at radius 2 is 2.00 bits per heavy atom. The molecule has 104 valence electrons. The van der Waals surface area contributed by atoms with Gasteiger partial charge in [0.2, 0.25) is 0 Å². The third-order valence-electron chi connectivity index (χ3n) is 2.62. The summed E-state index contributed by atoms with van der Waals surface area (Å²) in [7, 11) is 0. The number of pyridine rings is 1. The average molecular weight is 284 g/mol. The SMILES string of the molecule is O=C(Nc1cnc(-n2cccn2)nc1)c1ccncc1F. The normalized spacial score (nSPS) is 10.3. The van der Waals surface area contributed by atoms with Crippen LogP contribution in [0.15, 0.2) is 49.3 Å². The Kier molecular flexibility index (Phi) is 3.34. The number of anilines is 1. The predicted molar refractivity (Wildman–Crippen MR) is 71.3 cm³/mol. The lowest BCUT2D eigenvalue weighted by Gasteiger charge is -2.05. The molecule has 0 saturated heterocycles. The summed E-state index contributed by atoms with van der Waals surface area (Å²) in [4.78, 5) is 23.6. The van der Waals surface area contributed by atoms with Gasteiger partial charge in [-0.3, -0.25) is 9.78 Å². The number of hydrogen-bond acceptors (Lipinski definition) is 5. The van der Waals surface area contributed by atoms with Crippen LogP contribution in [0.2, 0.25) is 0 Å². The largest absolute Gasteiger partial charge is 0.319 e. The zero-order chi connectivity index (χ0) is 14.7. The van der Waals surface area contributed by atoms with E-state index in [2.05, 4.69) is 25.4 Å². The third kappa shape index (κ3) is 2.73. The van der Waals surface area contributed by atoms with Crippen molar-refractivity contribution < 1.29 is 9.18 Å². The molecule has 7 nitrogen and oxygen atoms in total. The lowest BCUT2D eigenvalue weighted by molar-refractivity contribution is 0.102. The van der Waals surface area contributed by atoms with E-state index >= 15 is 0 Å². The lowest BCUT2D eigenvalue weighted by atomic mass is 10.2. The van der Waals surface area contributed by atoms with E-state index in [1.165, 1.54) is 29.3 Å². The minimum Gasteiger partial charge on any atom is -0.319 e. The predicted octanol–water partition coefficient (Wildman–Crippen LogP) is 1.45. The molecule has 1 amide bonds. The summed E-state index contributed by atoms with van der Waals surface area (Å²) in [5, 5.41) is 6.49. The number of carbonyl (C=O) groups excluding carboxylic acids is 1. The lowest BCUT2D eigenvalue weighted by Crippen LogP contribution is -2.14. The number of amides is 1. The topological polar surface area (TPSA) is 85.6 Å². The van der Waals surface area contributed by atoms with Gasteiger partial charge in [-0.2, -0.15) is 5.10 Å². The van der Waals surface area contributed by atoms with Crippen molar-refractivity contribution in [1.29, 1.82) is 0 Å².